The summed E-state index contributed by atoms with van der Waals surface area (Å²) in [6, 6.07) is 21.5. The second kappa shape index (κ2) is 14.0. The van der Waals surface area contributed by atoms with Crippen LogP contribution in [-0.2, 0) is 26.2 Å². The van der Waals surface area contributed by atoms with Gasteiger partial charge in [-0.2, -0.15) is 0 Å². The predicted molar refractivity (Wildman–Crippen MR) is 158 cm³/mol. The molecule has 0 unspecified atom stereocenters. The van der Waals surface area contributed by atoms with Crippen LogP contribution < -0.4 is 14.4 Å². The van der Waals surface area contributed by atoms with Crippen molar-refractivity contribution in [1.29, 1.82) is 0 Å². The lowest BCUT2D eigenvalue weighted by Crippen LogP contribution is -2.53. The van der Waals surface area contributed by atoms with E-state index >= 15 is 0 Å². The zero-order valence-corrected chi connectivity index (χ0v) is 24.6. The summed E-state index contributed by atoms with van der Waals surface area (Å²) in [5, 5.41) is 2.99. The molecular formula is C31H39N3O5S. The Morgan fingerprint density at radius 3 is 2.12 bits per heavy atom. The minimum atomic E-state index is -4.16. The van der Waals surface area contributed by atoms with Crippen molar-refractivity contribution in [2.24, 2.45) is 0 Å². The van der Waals surface area contributed by atoms with Crippen LogP contribution in [-0.4, -0.2) is 50.9 Å². The van der Waals surface area contributed by atoms with E-state index in [1.807, 2.05) is 52.0 Å². The standard InChI is InChI=1S/C31H39N3O5S/c1-6-24(4)32-31(36)27(7-2)33(21-25-19-17-23(3)18-20-25)30(35)22-34(28-15-11-12-16-29(28)39-5)40(37,38)26-13-9-8-10-14-26/h8-20,24,27H,6-7,21-22H2,1-5H3,(H,32,36)/t24-,27+/m1/s1. The molecule has 1 N–H and O–H groups in total. The van der Waals surface area contributed by atoms with Gasteiger partial charge in [-0.25, -0.2) is 8.42 Å². The van der Waals surface area contributed by atoms with Gasteiger partial charge in [-0.1, -0.05) is 74.0 Å². The number of hydrogen-bond acceptors (Lipinski definition) is 5. The van der Waals surface area contributed by atoms with Crippen molar-refractivity contribution in [1.82, 2.24) is 10.2 Å². The molecule has 3 aromatic carbocycles. The molecule has 9 heteroatoms. The highest BCUT2D eigenvalue weighted by atomic mass is 32.2. The third kappa shape index (κ3) is 7.41. The molecule has 8 nitrogen and oxygen atoms in total. The number of methoxy groups -OCH3 is 1. The van der Waals surface area contributed by atoms with Crippen molar-refractivity contribution in [3.05, 3.63) is 90.0 Å². The monoisotopic (exact) mass is 565 g/mol. The average molecular weight is 566 g/mol. The molecule has 0 aliphatic heterocycles. The number of anilines is 1. The zero-order chi connectivity index (χ0) is 29.3. The molecule has 3 rings (SSSR count). The van der Waals surface area contributed by atoms with Crippen molar-refractivity contribution in [2.75, 3.05) is 18.0 Å². The number of nitrogens with one attached hydrogen (secondary N) is 1. The lowest BCUT2D eigenvalue weighted by Gasteiger charge is -2.34. The molecule has 2 atom stereocenters. The van der Waals surface area contributed by atoms with Crippen LogP contribution in [0.1, 0.15) is 44.7 Å². The number of carbonyl (C=O) groups excluding carboxylic acids is 2. The van der Waals surface area contributed by atoms with Gasteiger partial charge in [0, 0.05) is 12.6 Å². The number of carbonyl (C=O) groups is 2. The van der Waals surface area contributed by atoms with Crippen LogP contribution in [0.15, 0.2) is 83.8 Å². The molecule has 214 valence electrons. The number of aryl methyl sites for hydroxylation is 1. The normalized spacial score (nSPS) is 12.7. The summed E-state index contributed by atoms with van der Waals surface area (Å²) in [5.74, 6) is -0.467. The zero-order valence-electron chi connectivity index (χ0n) is 23.8. The van der Waals surface area contributed by atoms with Crippen molar-refractivity contribution in [3.8, 4) is 5.75 Å². The molecule has 0 aliphatic carbocycles. The smallest absolute Gasteiger partial charge is 0.264 e. The maximum absolute atomic E-state index is 14.1. The molecule has 40 heavy (non-hydrogen) atoms. The van der Waals surface area contributed by atoms with Crippen molar-refractivity contribution in [2.45, 2.75) is 64.1 Å². The van der Waals surface area contributed by atoms with Gasteiger partial charge in [0.1, 0.15) is 18.3 Å². The summed E-state index contributed by atoms with van der Waals surface area (Å²) in [6.07, 6.45) is 1.10. The van der Waals surface area contributed by atoms with Crippen molar-refractivity contribution < 1.29 is 22.7 Å². The summed E-state index contributed by atoms with van der Waals surface area (Å²) >= 11 is 0. The van der Waals surface area contributed by atoms with Crippen LogP contribution in [0.5, 0.6) is 5.75 Å². The summed E-state index contributed by atoms with van der Waals surface area (Å²) in [5.41, 5.74) is 2.14. The van der Waals surface area contributed by atoms with E-state index in [0.29, 0.717) is 12.2 Å². The van der Waals surface area contributed by atoms with Gasteiger partial charge >= 0.3 is 0 Å². The first-order valence-electron chi connectivity index (χ1n) is 13.5. The first kappa shape index (κ1) is 30.7. The Morgan fingerprint density at radius 1 is 0.900 bits per heavy atom. The van der Waals surface area contributed by atoms with Gasteiger partial charge in [0.2, 0.25) is 11.8 Å². The molecule has 0 aliphatic rings. The van der Waals surface area contributed by atoms with Gasteiger partial charge in [-0.15, -0.1) is 0 Å². The summed E-state index contributed by atoms with van der Waals surface area (Å²) < 4.78 is 34.4. The number of sulfonamides is 1. The lowest BCUT2D eigenvalue weighted by molar-refractivity contribution is -0.140. The predicted octanol–water partition coefficient (Wildman–Crippen LogP) is 4.92. The number of hydrogen-bond donors (Lipinski definition) is 1. The molecule has 0 aromatic heterocycles. The van der Waals surface area contributed by atoms with E-state index < -0.39 is 28.5 Å². The Balaban J connectivity index is 2.08. The Morgan fingerprint density at radius 2 is 1.52 bits per heavy atom. The highest BCUT2D eigenvalue weighted by molar-refractivity contribution is 7.92. The highest BCUT2D eigenvalue weighted by Crippen LogP contribution is 2.32. The Bertz CT molecular complexity index is 1380. The Kier molecular flexibility index (Phi) is 10.7. The molecule has 0 spiro atoms. The first-order chi connectivity index (χ1) is 19.1. The molecule has 0 bridgehead atoms. The average Bonchev–Trinajstić information content (AvgIpc) is 2.96. The third-order valence-corrected chi connectivity index (χ3v) is 8.60. The van der Waals surface area contributed by atoms with E-state index in [1.54, 1.807) is 42.5 Å². The largest absolute Gasteiger partial charge is 0.495 e. The molecule has 0 radical (unpaired) electrons. The Hall–Kier alpha value is -3.85. The van der Waals surface area contributed by atoms with Crippen LogP contribution in [0.3, 0.4) is 0 Å². The topological polar surface area (TPSA) is 96.0 Å². The van der Waals surface area contributed by atoms with E-state index in [4.69, 9.17) is 4.74 Å². The van der Waals surface area contributed by atoms with E-state index in [0.717, 1.165) is 21.9 Å². The van der Waals surface area contributed by atoms with Crippen LogP contribution in [0.4, 0.5) is 5.69 Å². The van der Waals surface area contributed by atoms with Crippen molar-refractivity contribution in [3.63, 3.8) is 0 Å². The van der Waals surface area contributed by atoms with Gasteiger partial charge in [0.05, 0.1) is 17.7 Å². The van der Waals surface area contributed by atoms with Gasteiger partial charge in [-0.05, 0) is 56.5 Å². The fraction of sp³-hybridized carbons (Fsp3) is 0.355. The second-order valence-corrected chi connectivity index (χ2v) is 11.6. The second-order valence-electron chi connectivity index (χ2n) is 9.75. The van der Waals surface area contributed by atoms with Gasteiger partial charge in [0.15, 0.2) is 0 Å². The number of nitrogens with zero attached hydrogens (tertiary/aromatic N) is 2. The molecule has 2 amide bonds. The molecule has 0 heterocycles. The minimum absolute atomic E-state index is 0.0420. The number of para-hydroxylation sites is 2. The van der Waals surface area contributed by atoms with Gasteiger partial charge in [0.25, 0.3) is 10.0 Å². The summed E-state index contributed by atoms with van der Waals surface area (Å²) in [6.45, 7) is 7.33. The molecule has 0 saturated carbocycles. The Labute approximate surface area is 238 Å². The number of rotatable bonds is 13. The SMILES string of the molecule is CC[C@@H](C)NC(=O)[C@H](CC)N(Cc1ccc(C)cc1)C(=O)CN(c1ccccc1OC)S(=O)(=O)c1ccccc1. The van der Waals surface area contributed by atoms with Crippen molar-refractivity contribution >= 4 is 27.5 Å². The number of ether oxygens (including phenoxy) is 1. The fourth-order valence-electron chi connectivity index (χ4n) is 4.32. The van der Waals surface area contributed by atoms with Gasteiger partial charge in [-0.3, -0.25) is 13.9 Å². The minimum Gasteiger partial charge on any atom is -0.495 e. The van der Waals surface area contributed by atoms with E-state index in [-0.39, 0.29) is 29.1 Å². The quantitative estimate of drug-likeness (QED) is 0.317. The molecule has 0 fully saturated rings. The van der Waals surface area contributed by atoms with Gasteiger partial charge < -0.3 is 15.0 Å². The molecule has 3 aromatic rings. The number of amides is 2. The third-order valence-electron chi connectivity index (χ3n) is 6.82. The lowest BCUT2D eigenvalue weighted by atomic mass is 10.1. The van der Waals surface area contributed by atoms with Crippen LogP contribution >= 0.6 is 0 Å². The van der Waals surface area contributed by atoms with E-state index in [2.05, 4.69) is 5.32 Å². The molecule has 0 saturated heterocycles. The number of benzene rings is 3. The van der Waals surface area contributed by atoms with Crippen LogP contribution in [0, 0.1) is 6.92 Å². The van der Waals surface area contributed by atoms with Crippen LogP contribution in [0.25, 0.3) is 0 Å². The summed E-state index contributed by atoms with van der Waals surface area (Å²) in [7, 11) is -2.72. The van der Waals surface area contributed by atoms with E-state index in [9.17, 15) is 18.0 Å². The first-order valence-corrected chi connectivity index (χ1v) is 14.9. The highest BCUT2D eigenvalue weighted by Gasteiger charge is 2.34. The van der Waals surface area contributed by atoms with Crippen LogP contribution in [0.2, 0.25) is 0 Å². The van der Waals surface area contributed by atoms with E-state index in [1.165, 1.54) is 24.1 Å². The molecular weight excluding hydrogens is 526 g/mol. The maximum Gasteiger partial charge on any atom is 0.264 e. The maximum atomic E-state index is 14.1. The summed E-state index contributed by atoms with van der Waals surface area (Å²) in [4.78, 5) is 29.0. The fourth-order valence-corrected chi connectivity index (χ4v) is 5.77.